The molecule has 0 aromatic rings. The standard InChI is InChI=1S/C9H14O2/c1-8-3-4-9(2,11-8)7(5-8)6-10/h3-4,7,10H,5-6H2,1-2H3. The van der Waals surface area contributed by atoms with Crippen LogP contribution in [0.2, 0.25) is 0 Å². The van der Waals surface area contributed by atoms with Crippen molar-refractivity contribution in [3.05, 3.63) is 12.2 Å². The molecule has 0 saturated carbocycles. The summed E-state index contributed by atoms with van der Waals surface area (Å²) in [5.41, 5.74) is -0.286. The van der Waals surface area contributed by atoms with Gasteiger partial charge in [-0.3, -0.25) is 0 Å². The van der Waals surface area contributed by atoms with Crippen molar-refractivity contribution in [1.29, 1.82) is 0 Å². The van der Waals surface area contributed by atoms with Crippen molar-refractivity contribution in [2.75, 3.05) is 6.61 Å². The van der Waals surface area contributed by atoms with Crippen molar-refractivity contribution in [2.45, 2.75) is 31.5 Å². The fourth-order valence-electron chi connectivity index (χ4n) is 2.18. The van der Waals surface area contributed by atoms with Crippen LogP contribution >= 0.6 is 0 Å². The number of aliphatic hydroxyl groups excluding tert-OH is 1. The van der Waals surface area contributed by atoms with Gasteiger partial charge in [0.05, 0.1) is 11.2 Å². The molecule has 0 aromatic heterocycles. The monoisotopic (exact) mass is 154 g/mol. The van der Waals surface area contributed by atoms with E-state index in [0.717, 1.165) is 6.42 Å². The summed E-state index contributed by atoms with van der Waals surface area (Å²) in [5, 5.41) is 9.05. The Morgan fingerprint density at radius 2 is 2.27 bits per heavy atom. The smallest absolute Gasteiger partial charge is 0.0898 e. The third kappa shape index (κ3) is 0.861. The van der Waals surface area contributed by atoms with Crippen molar-refractivity contribution < 1.29 is 9.84 Å². The second kappa shape index (κ2) is 1.87. The first-order valence-electron chi connectivity index (χ1n) is 4.09. The van der Waals surface area contributed by atoms with Gasteiger partial charge in [-0.05, 0) is 20.3 Å². The van der Waals surface area contributed by atoms with E-state index < -0.39 is 0 Å². The van der Waals surface area contributed by atoms with E-state index in [1.807, 2.05) is 6.92 Å². The van der Waals surface area contributed by atoms with Crippen molar-refractivity contribution in [3.8, 4) is 0 Å². The Morgan fingerprint density at radius 3 is 2.55 bits per heavy atom. The van der Waals surface area contributed by atoms with E-state index in [-0.39, 0.29) is 23.7 Å². The average molecular weight is 154 g/mol. The molecule has 2 rings (SSSR count). The van der Waals surface area contributed by atoms with Gasteiger partial charge in [-0.15, -0.1) is 0 Å². The van der Waals surface area contributed by atoms with Crippen molar-refractivity contribution in [2.24, 2.45) is 5.92 Å². The maximum atomic E-state index is 9.05. The average Bonchev–Trinajstić information content (AvgIpc) is 2.36. The van der Waals surface area contributed by atoms with Crippen molar-refractivity contribution in [1.82, 2.24) is 0 Å². The van der Waals surface area contributed by atoms with Gasteiger partial charge < -0.3 is 9.84 Å². The maximum absolute atomic E-state index is 9.05. The Labute approximate surface area is 66.9 Å². The van der Waals surface area contributed by atoms with E-state index in [1.165, 1.54) is 0 Å². The zero-order valence-electron chi connectivity index (χ0n) is 7.00. The first-order valence-corrected chi connectivity index (χ1v) is 4.09. The fourth-order valence-corrected chi connectivity index (χ4v) is 2.18. The minimum absolute atomic E-state index is 0.0951. The summed E-state index contributed by atoms with van der Waals surface area (Å²) in [6.07, 6.45) is 5.15. The summed E-state index contributed by atoms with van der Waals surface area (Å²) < 4.78 is 5.78. The van der Waals surface area contributed by atoms with Crippen LogP contribution in [0.5, 0.6) is 0 Å². The predicted octanol–water partition coefficient (Wildman–Crippen LogP) is 1.10. The summed E-state index contributed by atoms with van der Waals surface area (Å²) in [6, 6.07) is 0. The molecule has 2 aliphatic rings. The number of hydrogen-bond donors (Lipinski definition) is 1. The van der Waals surface area contributed by atoms with Gasteiger partial charge in [0.25, 0.3) is 0 Å². The highest BCUT2D eigenvalue weighted by molar-refractivity contribution is 5.23. The zero-order chi connectivity index (χ0) is 8.11. The Balaban J connectivity index is 2.30. The molecule has 2 heterocycles. The molecule has 0 aromatic carbocycles. The minimum Gasteiger partial charge on any atom is -0.396 e. The molecule has 11 heavy (non-hydrogen) atoms. The second-order valence-corrected chi connectivity index (χ2v) is 4.02. The van der Waals surface area contributed by atoms with Crippen molar-refractivity contribution >= 4 is 0 Å². The van der Waals surface area contributed by atoms with Crippen LogP contribution < -0.4 is 0 Å². The largest absolute Gasteiger partial charge is 0.396 e. The van der Waals surface area contributed by atoms with Gasteiger partial charge in [0.2, 0.25) is 0 Å². The van der Waals surface area contributed by atoms with Crippen molar-refractivity contribution in [3.63, 3.8) is 0 Å². The molecule has 62 valence electrons. The molecule has 0 spiro atoms. The molecule has 1 fully saturated rings. The van der Waals surface area contributed by atoms with E-state index >= 15 is 0 Å². The van der Waals surface area contributed by atoms with Crippen LogP contribution in [-0.2, 0) is 4.74 Å². The van der Waals surface area contributed by atoms with Gasteiger partial charge >= 0.3 is 0 Å². The highest BCUT2D eigenvalue weighted by Gasteiger charge is 2.52. The van der Waals surface area contributed by atoms with Gasteiger partial charge in [-0.25, -0.2) is 0 Å². The van der Waals surface area contributed by atoms with Crippen LogP contribution in [-0.4, -0.2) is 22.9 Å². The van der Waals surface area contributed by atoms with E-state index in [0.29, 0.717) is 0 Å². The third-order valence-electron chi connectivity index (χ3n) is 2.90. The normalized spacial score (nSPS) is 53.9. The summed E-state index contributed by atoms with van der Waals surface area (Å²) in [6.45, 7) is 4.35. The molecule has 2 bridgehead atoms. The number of fused-ring (bicyclic) bond motifs is 2. The molecular formula is C9H14O2. The number of aliphatic hydroxyl groups is 1. The van der Waals surface area contributed by atoms with Crippen LogP contribution in [0.4, 0.5) is 0 Å². The zero-order valence-corrected chi connectivity index (χ0v) is 7.00. The molecule has 3 unspecified atom stereocenters. The number of hydrogen-bond acceptors (Lipinski definition) is 2. The molecule has 1 saturated heterocycles. The Bertz CT molecular complexity index is 212. The molecule has 0 aliphatic carbocycles. The van der Waals surface area contributed by atoms with Crippen LogP contribution in [0, 0.1) is 5.92 Å². The summed E-state index contributed by atoms with van der Waals surface area (Å²) >= 11 is 0. The lowest BCUT2D eigenvalue weighted by Crippen LogP contribution is -2.30. The minimum atomic E-state index is -0.191. The van der Waals surface area contributed by atoms with Crippen LogP contribution in [0.3, 0.4) is 0 Å². The van der Waals surface area contributed by atoms with Crippen LogP contribution in [0.15, 0.2) is 12.2 Å². The number of rotatable bonds is 1. The number of ether oxygens (including phenoxy) is 1. The SMILES string of the molecule is CC12C=CC(C)(O1)C(CO)C2. The lowest BCUT2D eigenvalue weighted by molar-refractivity contribution is -0.0268. The molecule has 2 heteroatoms. The van der Waals surface area contributed by atoms with E-state index in [9.17, 15) is 0 Å². The quantitative estimate of drug-likeness (QED) is 0.573. The molecular weight excluding hydrogens is 140 g/mol. The molecule has 2 nitrogen and oxygen atoms in total. The van der Waals surface area contributed by atoms with Gasteiger partial charge in [0.1, 0.15) is 0 Å². The second-order valence-electron chi connectivity index (χ2n) is 4.02. The van der Waals surface area contributed by atoms with Crippen LogP contribution in [0.25, 0.3) is 0 Å². The topological polar surface area (TPSA) is 29.5 Å². The lowest BCUT2D eigenvalue weighted by Gasteiger charge is -2.23. The highest BCUT2D eigenvalue weighted by Crippen LogP contribution is 2.48. The first-order chi connectivity index (χ1) is 5.08. The van der Waals surface area contributed by atoms with E-state index in [4.69, 9.17) is 9.84 Å². The molecule has 1 N–H and O–H groups in total. The highest BCUT2D eigenvalue weighted by atomic mass is 16.5. The maximum Gasteiger partial charge on any atom is 0.0898 e. The Kier molecular flexibility index (Phi) is 1.25. The van der Waals surface area contributed by atoms with Gasteiger partial charge in [-0.2, -0.15) is 0 Å². The lowest BCUT2D eigenvalue weighted by atomic mass is 9.81. The Hall–Kier alpha value is -0.340. The predicted molar refractivity (Wildman–Crippen MR) is 42.2 cm³/mol. The molecule has 0 radical (unpaired) electrons. The van der Waals surface area contributed by atoms with E-state index in [1.54, 1.807) is 0 Å². The van der Waals surface area contributed by atoms with Gasteiger partial charge in [0.15, 0.2) is 0 Å². The first kappa shape index (κ1) is 7.32. The fraction of sp³-hybridized carbons (Fsp3) is 0.778. The molecule has 3 atom stereocenters. The summed E-state index contributed by atoms with van der Waals surface area (Å²) in [7, 11) is 0. The summed E-state index contributed by atoms with van der Waals surface area (Å²) in [5.74, 6) is 0.289. The summed E-state index contributed by atoms with van der Waals surface area (Å²) in [4.78, 5) is 0. The molecule has 2 aliphatic heterocycles. The van der Waals surface area contributed by atoms with Gasteiger partial charge in [-0.1, -0.05) is 12.2 Å². The Morgan fingerprint density at radius 1 is 1.55 bits per heavy atom. The van der Waals surface area contributed by atoms with Gasteiger partial charge in [0, 0.05) is 12.5 Å². The molecule has 0 amide bonds. The van der Waals surface area contributed by atoms with E-state index in [2.05, 4.69) is 19.1 Å². The van der Waals surface area contributed by atoms with Crippen LogP contribution in [0.1, 0.15) is 20.3 Å². The third-order valence-corrected chi connectivity index (χ3v) is 2.90.